The van der Waals surface area contributed by atoms with E-state index >= 15 is 0 Å². The number of rotatable bonds is 3. The van der Waals surface area contributed by atoms with Gasteiger partial charge < -0.3 is 5.11 Å². The van der Waals surface area contributed by atoms with Crippen molar-refractivity contribution in [3.63, 3.8) is 0 Å². The molecule has 28 heavy (non-hydrogen) atoms. The molecule has 3 aromatic carbocycles. The molecule has 0 fully saturated rings. The summed E-state index contributed by atoms with van der Waals surface area (Å²) in [6.07, 6.45) is 1.62. The van der Waals surface area contributed by atoms with Gasteiger partial charge in [-0.25, -0.2) is 4.57 Å². The van der Waals surface area contributed by atoms with Gasteiger partial charge in [0.1, 0.15) is 0 Å². The van der Waals surface area contributed by atoms with Crippen LogP contribution in [0.2, 0.25) is 0 Å². The summed E-state index contributed by atoms with van der Waals surface area (Å²) in [6, 6.07) is 22.5. The van der Waals surface area contributed by atoms with Crippen LogP contribution in [0, 0.1) is 13.8 Å². The van der Waals surface area contributed by atoms with Crippen LogP contribution in [0.1, 0.15) is 16.7 Å². The second-order valence-corrected chi connectivity index (χ2v) is 6.85. The molecule has 0 aliphatic carbocycles. The van der Waals surface area contributed by atoms with Gasteiger partial charge in [-0.2, -0.15) is 0 Å². The van der Waals surface area contributed by atoms with Crippen molar-refractivity contribution in [1.29, 1.82) is 0 Å². The summed E-state index contributed by atoms with van der Waals surface area (Å²) < 4.78 is 1.33. The van der Waals surface area contributed by atoms with Crippen molar-refractivity contribution in [2.75, 3.05) is 0 Å². The smallest absolute Gasteiger partial charge is 0.265 e. The summed E-state index contributed by atoms with van der Waals surface area (Å²) >= 11 is 0. The molecule has 1 aromatic heterocycles. The molecule has 0 spiro atoms. The summed E-state index contributed by atoms with van der Waals surface area (Å²) in [5, 5.41) is 12.2. The normalized spacial score (nSPS) is 11.4. The average molecular weight is 368 g/mol. The first-order chi connectivity index (χ1) is 13.5. The largest absolute Gasteiger partial charge is 0.494 e. The molecule has 0 bridgehead atoms. The standard InChI is InChI=1S/C24H20N2O2/c1-16-7-11-18(12-8-16)25-15-22-20-5-3-4-6-21(20)23(27)26(24(22)28)19-13-9-17(2)10-14-19/h3-15,28H,1-2H3. The number of aryl methyl sites for hydroxylation is 2. The Bertz CT molecular complexity index is 1230. The number of fused-ring (bicyclic) bond motifs is 1. The van der Waals surface area contributed by atoms with Gasteiger partial charge >= 0.3 is 0 Å². The molecule has 0 aliphatic heterocycles. The molecule has 0 saturated heterocycles. The Morgan fingerprint density at radius 3 is 2.04 bits per heavy atom. The first-order valence-corrected chi connectivity index (χ1v) is 9.09. The second-order valence-electron chi connectivity index (χ2n) is 6.85. The highest BCUT2D eigenvalue weighted by Gasteiger charge is 2.16. The molecule has 0 unspecified atom stereocenters. The fourth-order valence-electron chi connectivity index (χ4n) is 3.19. The van der Waals surface area contributed by atoms with Gasteiger partial charge in [-0.3, -0.25) is 9.79 Å². The molecule has 4 nitrogen and oxygen atoms in total. The number of hydrogen-bond donors (Lipinski definition) is 1. The molecule has 0 atom stereocenters. The molecular formula is C24H20N2O2. The Labute approximate surface area is 163 Å². The minimum Gasteiger partial charge on any atom is -0.494 e. The summed E-state index contributed by atoms with van der Waals surface area (Å²) in [5.41, 5.74) is 3.88. The minimum atomic E-state index is -0.260. The zero-order valence-corrected chi connectivity index (χ0v) is 15.8. The van der Waals surface area contributed by atoms with E-state index in [2.05, 4.69) is 4.99 Å². The van der Waals surface area contributed by atoms with Crippen molar-refractivity contribution in [1.82, 2.24) is 4.57 Å². The summed E-state index contributed by atoms with van der Waals surface area (Å²) in [6.45, 7) is 4.00. The molecule has 4 heteroatoms. The number of hydrogen-bond acceptors (Lipinski definition) is 3. The van der Waals surface area contributed by atoms with Crippen molar-refractivity contribution >= 4 is 22.7 Å². The molecule has 0 saturated carbocycles. The van der Waals surface area contributed by atoms with Crippen LogP contribution in [-0.2, 0) is 0 Å². The third kappa shape index (κ3) is 3.21. The Balaban J connectivity index is 1.95. The van der Waals surface area contributed by atoms with Crippen molar-refractivity contribution in [2.24, 2.45) is 4.99 Å². The van der Waals surface area contributed by atoms with E-state index in [1.54, 1.807) is 12.3 Å². The van der Waals surface area contributed by atoms with Gasteiger partial charge in [0.2, 0.25) is 5.88 Å². The van der Waals surface area contributed by atoms with Crippen LogP contribution in [0.4, 0.5) is 5.69 Å². The van der Waals surface area contributed by atoms with E-state index < -0.39 is 0 Å². The summed E-state index contributed by atoms with van der Waals surface area (Å²) in [4.78, 5) is 17.6. The molecule has 4 rings (SSSR count). The van der Waals surface area contributed by atoms with Crippen LogP contribution in [0.5, 0.6) is 5.88 Å². The van der Waals surface area contributed by atoms with E-state index in [0.29, 0.717) is 22.0 Å². The lowest BCUT2D eigenvalue weighted by atomic mass is 10.1. The molecular weight excluding hydrogens is 348 g/mol. The van der Waals surface area contributed by atoms with Crippen molar-refractivity contribution in [3.05, 3.63) is 99.8 Å². The summed E-state index contributed by atoms with van der Waals surface area (Å²) in [7, 11) is 0. The average Bonchev–Trinajstić information content (AvgIpc) is 2.71. The van der Waals surface area contributed by atoms with Crippen molar-refractivity contribution in [3.8, 4) is 11.6 Å². The van der Waals surface area contributed by atoms with Gasteiger partial charge in [0.15, 0.2) is 0 Å². The summed E-state index contributed by atoms with van der Waals surface area (Å²) in [5.74, 6) is -0.122. The maximum atomic E-state index is 13.1. The highest BCUT2D eigenvalue weighted by atomic mass is 16.3. The van der Waals surface area contributed by atoms with Gasteiger partial charge in [-0.1, -0.05) is 53.6 Å². The first-order valence-electron chi connectivity index (χ1n) is 9.09. The zero-order chi connectivity index (χ0) is 19.7. The van der Waals surface area contributed by atoms with E-state index in [9.17, 15) is 9.90 Å². The maximum Gasteiger partial charge on any atom is 0.265 e. The minimum absolute atomic E-state index is 0.122. The lowest BCUT2D eigenvalue weighted by Gasteiger charge is -2.14. The van der Waals surface area contributed by atoms with Crippen molar-refractivity contribution in [2.45, 2.75) is 13.8 Å². The van der Waals surface area contributed by atoms with E-state index in [-0.39, 0.29) is 11.4 Å². The van der Waals surface area contributed by atoms with Gasteiger partial charge in [0, 0.05) is 17.0 Å². The fraction of sp³-hybridized carbons (Fsp3) is 0.0833. The predicted octanol–water partition coefficient (Wildman–Crippen LogP) is 5.06. The Morgan fingerprint density at radius 2 is 1.39 bits per heavy atom. The maximum absolute atomic E-state index is 13.1. The monoisotopic (exact) mass is 368 g/mol. The molecule has 0 aliphatic rings. The lowest BCUT2D eigenvalue weighted by Crippen LogP contribution is -2.20. The highest BCUT2D eigenvalue weighted by molar-refractivity contribution is 6.02. The number of aromatic hydroxyl groups is 1. The first kappa shape index (κ1) is 17.7. The molecule has 0 radical (unpaired) electrons. The fourth-order valence-corrected chi connectivity index (χ4v) is 3.19. The van der Waals surface area contributed by atoms with Gasteiger partial charge in [0.25, 0.3) is 5.56 Å². The van der Waals surface area contributed by atoms with Crippen LogP contribution < -0.4 is 5.56 Å². The number of aliphatic imine (C=N–C) groups is 1. The lowest BCUT2D eigenvalue weighted by molar-refractivity contribution is 0.436. The van der Waals surface area contributed by atoms with E-state index in [4.69, 9.17) is 0 Å². The van der Waals surface area contributed by atoms with Crippen LogP contribution in [0.15, 0.2) is 82.6 Å². The topological polar surface area (TPSA) is 54.6 Å². The SMILES string of the molecule is Cc1ccc(N=Cc2c(O)n(-c3ccc(C)cc3)c(=O)c3ccccc23)cc1. The molecule has 4 aromatic rings. The van der Waals surface area contributed by atoms with E-state index in [0.717, 1.165) is 16.8 Å². The predicted molar refractivity (Wildman–Crippen MR) is 114 cm³/mol. The second kappa shape index (κ2) is 7.16. The number of aromatic nitrogens is 1. The number of pyridine rings is 1. The Morgan fingerprint density at radius 1 is 0.821 bits per heavy atom. The number of benzene rings is 3. The Hall–Kier alpha value is -3.66. The van der Waals surface area contributed by atoms with E-state index in [1.165, 1.54) is 4.57 Å². The third-order valence-corrected chi connectivity index (χ3v) is 4.77. The van der Waals surface area contributed by atoms with Crippen LogP contribution in [-0.4, -0.2) is 15.9 Å². The zero-order valence-electron chi connectivity index (χ0n) is 15.8. The van der Waals surface area contributed by atoms with Gasteiger partial charge in [0.05, 0.1) is 16.9 Å². The molecule has 1 heterocycles. The van der Waals surface area contributed by atoms with Gasteiger partial charge in [-0.05, 0) is 44.2 Å². The van der Waals surface area contributed by atoms with Crippen LogP contribution in [0.3, 0.4) is 0 Å². The van der Waals surface area contributed by atoms with Gasteiger partial charge in [-0.15, -0.1) is 0 Å². The van der Waals surface area contributed by atoms with Crippen LogP contribution >= 0.6 is 0 Å². The van der Waals surface area contributed by atoms with Crippen LogP contribution in [0.25, 0.3) is 16.5 Å². The van der Waals surface area contributed by atoms with E-state index in [1.807, 2.05) is 80.6 Å². The molecule has 0 amide bonds. The Kier molecular flexibility index (Phi) is 4.53. The molecule has 1 N–H and O–H groups in total. The highest BCUT2D eigenvalue weighted by Crippen LogP contribution is 2.26. The molecule has 138 valence electrons. The third-order valence-electron chi connectivity index (χ3n) is 4.77. The quantitative estimate of drug-likeness (QED) is 0.514. The van der Waals surface area contributed by atoms with Crippen molar-refractivity contribution < 1.29 is 5.11 Å². The number of nitrogens with zero attached hydrogens (tertiary/aromatic N) is 2.